The van der Waals surface area contributed by atoms with E-state index in [1.54, 1.807) is 4.90 Å². The van der Waals surface area contributed by atoms with E-state index in [0.29, 0.717) is 31.8 Å². The van der Waals surface area contributed by atoms with E-state index in [-0.39, 0.29) is 36.7 Å². The summed E-state index contributed by atoms with van der Waals surface area (Å²) in [5.41, 5.74) is 4.56. The SMILES string of the molecule is COC(=O)[C@H](C[C@@H]1CCNC1=O)NC(=O)[C@@H]1C[C@@H](C2CCCCC2)CN1C(=O)OCC1c2ccccc2-c2ccccc21. The van der Waals surface area contributed by atoms with E-state index in [9.17, 15) is 19.2 Å². The van der Waals surface area contributed by atoms with Gasteiger partial charge in [-0.05, 0) is 53.4 Å². The largest absolute Gasteiger partial charge is 0.467 e. The van der Waals surface area contributed by atoms with Crippen LogP contribution in [-0.2, 0) is 23.9 Å². The maximum atomic E-state index is 13.8. The van der Waals surface area contributed by atoms with Gasteiger partial charge in [0.05, 0.1) is 7.11 Å². The molecule has 9 heteroatoms. The molecule has 2 aliphatic heterocycles. The van der Waals surface area contributed by atoms with Crippen molar-refractivity contribution < 1.29 is 28.7 Å². The van der Waals surface area contributed by atoms with Crippen molar-refractivity contribution in [2.45, 2.75) is 69.4 Å². The van der Waals surface area contributed by atoms with E-state index >= 15 is 0 Å². The summed E-state index contributed by atoms with van der Waals surface area (Å²) in [7, 11) is 1.27. The zero-order valence-corrected chi connectivity index (χ0v) is 24.8. The second-order valence-electron chi connectivity index (χ2n) is 12.5. The number of ether oxygens (including phenoxy) is 2. The number of hydrogen-bond donors (Lipinski definition) is 2. The molecule has 6 rings (SSSR count). The fourth-order valence-electron chi connectivity index (χ4n) is 7.72. The van der Waals surface area contributed by atoms with Crippen LogP contribution < -0.4 is 10.6 Å². The molecule has 9 nitrogen and oxygen atoms in total. The Labute approximate surface area is 252 Å². The first kappa shape index (κ1) is 29.2. The highest BCUT2D eigenvalue weighted by Gasteiger charge is 2.45. The number of methoxy groups -OCH3 is 1. The zero-order chi connectivity index (χ0) is 29.9. The van der Waals surface area contributed by atoms with Crippen molar-refractivity contribution in [3.8, 4) is 11.1 Å². The van der Waals surface area contributed by atoms with Crippen LogP contribution in [0.25, 0.3) is 11.1 Å². The second-order valence-corrected chi connectivity index (χ2v) is 12.5. The van der Waals surface area contributed by atoms with Crippen molar-refractivity contribution in [2.75, 3.05) is 26.8 Å². The lowest BCUT2D eigenvalue weighted by atomic mass is 9.79. The van der Waals surface area contributed by atoms with Gasteiger partial charge in [0.25, 0.3) is 0 Å². The van der Waals surface area contributed by atoms with Crippen molar-refractivity contribution in [3.63, 3.8) is 0 Å². The van der Waals surface area contributed by atoms with E-state index in [1.165, 1.54) is 13.5 Å². The number of carbonyl (C=O) groups excluding carboxylic acids is 4. The van der Waals surface area contributed by atoms with Crippen molar-refractivity contribution in [1.29, 1.82) is 0 Å². The highest BCUT2D eigenvalue weighted by Crippen LogP contribution is 2.45. The van der Waals surface area contributed by atoms with Gasteiger partial charge in [0, 0.05) is 24.9 Å². The topological polar surface area (TPSA) is 114 Å². The molecular weight excluding hydrogens is 546 g/mol. The maximum absolute atomic E-state index is 13.8. The number of fused-ring (bicyclic) bond motifs is 3. The normalized spacial score (nSPS) is 24.2. The summed E-state index contributed by atoms with van der Waals surface area (Å²) in [5.74, 6) is -0.935. The van der Waals surface area contributed by atoms with Gasteiger partial charge < -0.3 is 20.1 Å². The lowest BCUT2D eigenvalue weighted by molar-refractivity contribution is -0.146. The minimum absolute atomic E-state index is 0.0818. The first-order chi connectivity index (χ1) is 20.9. The van der Waals surface area contributed by atoms with Crippen molar-refractivity contribution >= 4 is 23.9 Å². The molecule has 3 fully saturated rings. The molecular formula is C34H41N3O6. The summed E-state index contributed by atoms with van der Waals surface area (Å²) < 4.78 is 11.0. The maximum Gasteiger partial charge on any atom is 0.410 e. The summed E-state index contributed by atoms with van der Waals surface area (Å²) >= 11 is 0. The van der Waals surface area contributed by atoms with Gasteiger partial charge in [-0.3, -0.25) is 14.5 Å². The number of amides is 3. The number of nitrogens with zero attached hydrogens (tertiary/aromatic N) is 1. The molecule has 2 aliphatic carbocycles. The Balaban J connectivity index is 1.18. The molecule has 43 heavy (non-hydrogen) atoms. The zero-order valence-electron chi connectivity index (χ0n) is 24.8. The van der Waals surface area contributed by atoms with Crippen molar-refractivity contribution in [1.82, 2.24) is 15.5 Å². The van der Waals surface area contributed by atoms with E-state index in [1.807, 2.05) is 24.3 Å². The average molecular weight is 588 g/mol. The first-order valence-corrected chi connectivity index (χ1v) is 15.7. The Morgan fingerprint density at radius 2 is 1.63 bits per heavy atom. The van der Waals surface area contributed by atoms with Gasteiger partial charge in [0.1, 0.15) is 18.7 Å². The number of likely N-dealkylation sites (tertiary alicyclic amines) is 1. The highest BCUT2D eigenvalue weighted by atomic mass is 16.6. The molecule has 2 heterocycles. The summed E-state index contributed by atoms with van der Waals surface area (Å²) in [4.78, 5) is 54.0. The van der Waals surface area contributed by atoms with Crippen LogP contribution in [0.2, 0.25) is 0 Å². The molecule has 0 aromatic heterocycles. The second kappa shape index (κ2) is 12.8. The van der Waals surface area contributed by atoms with Crippen LogP contribution in [0.4, 0.5) is 4.79 Å². The number of esters is 1. The molecule has 4 atom stereocenters. The predicted octanol–water partition coefficient (Wildman–Crippen LogP) is 4.39. The molecule has 4 aliphatic rings. The summed E-state index contributed by atoms with van der Waals surface area (Å²) in [5, 5.41) is 5.63. The van der Waals surface area contributed by atoms with Gasteiger partial charge in [-0.2, -0.15) is 0 Å². The molecule has 228 valence electrons. The molecule has 2 N–H and O–H groups in total. The fourth-order valence-corrected chi connectivity index (χ4v) is 7.72. The first-order valence-electron chi connectivity index (χ1n) is 15.7. The lowest BCUT2D eigenvalue weighted by Crippen LogP contribution is -2.52. The Morgan fingerprint density at radius 3 is 2.26 bits per heavy atom. The molecule has 2 saturated heterocycles. The number of carbonyl (C=O) groups is 4. The van der Waals surface area contributed by atoms with Gasteiger partial charge in [0.15, 0.2) is 0 Å². The Bertz CT molecular complexity index is 1330. The predicted molar refractivity (Wildman–Crippen MR) is 160 cm³/mol. The van der Waals surface area contributed by atoms with Crippen LogP contribution >= 0.6 is 0 Å². The van der Waals surface area contributed by atoms with Gasteiger partial charge in [-0.25, -0.2) is 9.59 Å². The summed E-state index contributed by atoms with van der Waals surface area (Å²) in [6.45, 7) is 1.17. The third-order valence-electron chi connectivity index (χ3n) is 10.0. The van der Waals surface area contributed by atoms with Crippen LogP contribution in [0.15, 0.2) is 48.5 Å². The molecule has 0 unspecified atom stereocenters. The van der Waals surface area contributed by atoms with Crippen LogP contribution in [0.3, 0.4) is 0 Å². The molecule has 0 bridgehead atoms. The van der Waals surface area contributed by atoms with E-state index in [2.05, 4.69) is 34.9 Å². The molecule has 0 radical (unpaired) electrons. The van der Waals surface area contributed by atoms with Gasteiger partial charge >= 0.3 is 12.1 Å². The Hall–Kier alpha value is -3.88. The van der Waals surface area contributed by atoms with E-state index < -0.39 is 30.1 Å². The number of benzene rings is 2. The quantitative estimate of drug-likeness (QED) is 0.443. The van der Waals surface area contributed by atoms with Crippen LogP contribution in [0, 0.1) is 17.8 Å². The summed E-state index contributed by atoms with van der Waals surface area (Å²) in [6.07, 6.45) is 6.52. The minimum atomic E-state index is -0.968. The van der Waals surface area contributed by atoms with E-state index in [0.717, 1.165) is 47.9 Å². The average Bonchev–Trinajstić information content (AvgIpc) is 3.75. The van der Waals surface area contributed by atoms with Crippen molar-refractivity contribution in [2.24, 2.45) is 17.8 Å². The lowest BCUT2D eigenvalue weighted by Gasteiger charge is -2.27. The fraction of sp³-hybridized carbons (Fsp3) is 0.529. The third-order valence-corrected chi connectivity index (χ3v) is 10.0. The molecule has 2 aromatic carbocycles. The summed E-state index contributed by atoms with van der Waals surface area (Å²) in [6, 6.07) is 14.7. The third kappa shape index (κ3) is 5.99. The van der Waals surface area contributed by atoms with Gasteiger partial charge in [-0.15, -0.1) is 0 Å². The molecule has 0 spiro atoms. The van der Waals surface area contributed by atoms with Crippen LogP contribution in [0.5, 0.6) is 0 Å². The molecule has 2 aromatic rings. The van der Waals surface area contributed by atoms with E-state index in [4.69, 9.17) is 9.47 Å². The standard InChI is InChI=1S/C34H41N3O6/c1-42-33(40)29(17-22-15-16-35-31(22)38)36-32(39)30-18-23(21-9-3-2-4-10-21)19-37(30)34(41)43-20-28-26-13-7-5-11-24(26)25-12-6-8-14-27(25)28/h5-8,11-14,21-23,28-30H,2-4,9-10,15-20H2,1H3,(H,35,38)(H,36,39)/t22-,23+,29-,30-/m0/s1. The van der Waals surface area contributed by atoms with Gasteiger partial charge in [0.2, 0.25) is 11.8 Å². The number of rotatable bonds is 8. The Kier molecular flexibility index (Phi) is 8.68. The monoisotopic (exact) mass is 587 g/mol. The number of hydrogen-bond acceptors (Lipinski definition) is 6. The number of nitrogens with one attached hydrogen (secondary N) is 2. The molecule has 1 saturated carbocycles. The minimum Gasteiger partial charge on any atom is -0.467 e. The Morgan fingerprint density at radius 1 is 0.953 bits per heavy atom. The van der Waals surface area contributed by atoms with Crippen LogP contribution in [0.1, 0.15) is 68.4 Å². The highest BCUT2D eigenvalue weighted by molar-refractivity contribution is 5.91. The van der Waals surface area contributed by atoms with Crippen molar-refractivity contribution in [3.05, 3.63) is 59.7 Å². The smallest absolute Gasteiger partial charge is 0.410 e. The van der Waals surface area contributed by atoms with Gasteiger partial charge in [-0.1, -0.05) is 80.6 Å². The van der Waals surface area contributed by atoms with Crippen LogP contribution in [-0.4, -0.2) is 67.7 Å². The molecule has 3 amide bonds.